The summed E-state index contributed by atoms with van der Waals surface area (Å²) in [6.45, 7) is 9.01. The maximum absolute atomic E-state index is 12.7. The Morgan fingerprint density at radius 3 is 0.945 bits per heavy atom. The molecule has 0 amide bonds. The van der Waals surface area contributed by atoms with E-state index in [2.05, 4.69) is 27.7 Å². The van der Waals surface area contributed by atoms with E-state index in [9.17, 15) is 14.4 Å². The van der Waals surface area contributed by atoms with E-state index in [4.69, 9.17) is 14.2 Å². The van der Waals surface area contributed by atoms with Crippen molar-refractivity contribution in [3.05, 3.63) is 0 Å². The summed E-state index contributed by atoms with van der Waals surface area (Å²) in [7, 11) is 0. The third kappa shape index (κ3) is 41.9. The number of esters is 3. The van der Waals surface area contributed by atoms with Crippen LogP contribution in [0.1, 0.15) is 272 Å². The van der Waals surface area contributed by atoms with E-state index in [1.54, 1.807) is 0 Å². The van der Waals surface area contributed by atoms with Crippen molar-refractivity contribution >= 4 is 17.9 Å². The van der Waals surface area contributed by atoms with Gasteiger partial charge in [-0.25, -0.2) is 0 Å². The summed E-state index contributed by atoms with van der Waals surface area (Å²) < 4.78 is 16.7. The first-order valence-corrected chi connectivity index (χ1v) is 24.4. The number of hydrogen-bond donors (Lipinski definition) is 0. The van der Waals surface area contributed by atoms with E-state index < -0.39 is 6.10 Å². The standard InChI is InChI=1S/C49H94O6/c1-5-8-10-12-14-16-18-19-20-21-22-24-28-32-36-40-47(50)53-43-46(55-49(52)42-38-34-30-23-17-15-13-11-9-6-2)44-54-48(51)41-37-33-29-26-25-27-31-35-39-45(4)7-3/h45-46H,5-44H2,1-4H3/t45?,46-/m1/s1. The fraction of sp³-hybridized carbons (Fsp3) is 0.939. The van der Waals surface area contributed by atoms with Gasteiger partial charge in [0.15, 0.2) is 6.10 Å². The first-order chi connectivity index (χ1) is 26.9. The van der Waals surface area contributed by atoms with Crippen molar-refractivity contribution in [2.24, 2.45) is 5.92 Å². The van der Waals surface area contributed by atoms with Crippen molar-refractivity contribution in [3.8, 4) is 0 Å². The molecule has 0 aliphatic rings. The van der Waals surface area contributed by atoms with Gasteiger partial charge in [-0.3, -0.25) is 14.4 Å². The van der Waals surface area contributed by atoms with Crippen LogP contribution in [0.2, 0.25) is 0 Å². The molecule has 2 atom stereocenters. The fourth-order valence-electron chi connectivity index (χ4n) is 7.30. The Bertz CT molecular complexity index is 828. The van der Waals surface area contributed by atoms with Crippen molar-refractivity contribution in [1.82, 2.24) is 0 Å². The smallest absolute Gasteiger partial charge is 0.306 e. The quantitative estimate of drug-likeness (QED) is 0.0348. The van der Waals surface area contributed by atoms with Crippen LogP contribution < -0.4 is 0 Å². The lowest BCUT2D eigenvalue weighted by atomic mass is 9.99. The third-order valence-corrected chi connectivity index (χ3v) is 11.4. The molecule has 0 aromatic heterocycles. The Morgan fingerprint density at radius 1 is 0.364 bits per heavy atom. The van der Waals surface area contributed by atoms with Crippen molar-refractivity contribution in [2.75, 3.05) is 13.2 Å². The van der Waals surface area contributed by atoms with Gasteiger partial charge in [0.25, 0.3) is 0 Å². The van der Waals surface area contributed by atoms with Crippen LogP contribution in [0.5, 0.6) is 0 Å². The van der Waals surface area contributed by atoms with Gasteiger partial charge in [0.05, 0.1) is 0 Å². The minimum atomic E-state index is -0.759. The van der Waals surface area contributed by atoms with Crippen LogP contribution in [0, 0.1) is 5.92 Å². The number of ether oxygens (including phenoxy) is 3. The van der Waals surface area contributed by atoms with Crippen molar-refractivity contribution in [3.63, 3.8) is 0 Å². The zero-order valence-corrected chi connectivity index (χ0v) is 37.4. The van der Waals surface area contributed by atoms with Crippen LogP contribution >= 0.6 is 0 Å². The van der Waals surface area contributed by atoms with E-state index in [1.165, 1.54) is 167 Å². The van der Waals surface area contributed by atoms with E-state index in [0.717, 1.165) is 63.7 Å². The third-order valence-electron chi connectivity index (χ3n) is 11.4. The summed E-state index contributed by atoms with van der Waals surface area (Å²) in [6.07, 6.45) is 43.6. The molecule has 0 saturated carbocycles. The SMILES string of the molecule is CCCCCCCCCCCCCCCCCC(=O)OC[C@H](COC(=O)CCCCCCCCCCC(C)CC)OC(=O)CCCCCCCCCCCC. The highest BCUT2D eigenvalue weighted by Crippen LogP contribution is 2.17. The van der Waals surface area contributed by atoms with E-state index in [0.29, 0.717) is 19.3 Å². The highest BCUT2D eigenvalue weighted by molar-refractivity contribution is 5.71. The number of unbranched alkanes of at least 4 members (excludes halogenated alkanes) is 30. The van der Waals surface area contributed by atoms with Gasteiger partial charge in [0.2, 0.25) is 0 Å². The highest BCUT2D eigenvalue weighted by atomic mass is 16.6. The van der Waals surface area contributed by atoms with E-state index in [1.807, 2.05) is 0 Å². The maximum Gasteiger partial charge on any atom is 0.306 e. The molecule has 55 heavy (non-hydrogen) atoms. The molecule has 0 aromatic rings. The Morgan fingerprint density at radius 2 is 0.636 bits per heavy atom. The minimum Gasteiger partial charge on any atom is -0.462 e. The summed E-state index contributed by atoms with van der Waals surface area (Å²) in [6, 6.07) is 0. The molecule has 0 saturated heterocycles. The van der Waals surface area contributed by atoms with Gasteiger partial charge in [0.1, 0.15) is 13.2 Å². The summed E-state index contributed by atoms with van der Waals surface area (Å²) in [4.78, 5) is 37.8. The predicted octanol–water partition coefficient (Wildman–Crippen LogP) is 15.5. The lowest BCUT2D eigenvalue weighted by Gasteiger charge is -2.18. The maximum atomic E-state index is 12.7. The van der Waals surface area contributed by atoms with Gasteiger partial charge < -0.3 is 14.2 Å². The van der Waals surface area contributed by atoms with Gasteiger partial charge >= 0.3 is 17.9 Å². The second-order valence-corrected chi connectivity index (χ2v) is 17.0. The minimum absolute atomic E-state index is 0.0635. The Hall–Kier alpha value is -1.59. The average Bonchev–Trinajstić information content (AvgIpc) is 3.18. The highest BCUT2D eigenvalue weighted by Gasteiger charge is 2.19. The molecule has 326 valence electrons. The number of hydrogen-bond acceptors (Lipinski definition) is 6. The van der Waals surface area contributed by atoms with Gasteiger partial charge in [-0.15, -0.1) is 0 Å². The molecule has 0 bridgehead atoms. The molecular weight excluding hydrogens is 685 g/mol. The molecular formula is C49H94O6. The number of rotatable bonds is 44. The molecule has 6 nitrogen and oxygen atoms in total. The molecule has 0 radical (unpaired) electrons. The molecule has 0 rings (SSSR count). The zero-order valence-electron chi connectivity index (χ0n) is 37.4. The lowest BCUT2D eigenvalue weighted by Crippen LogP contribution is -2.30. The Kier molecular flexibility index (Phi) is 42.3. The number of carbonyl (C=O) groups excluding carboxylic acids is 3. The Labute approximate surface area is 342 Å². The van der Waals surface area contributed by atoms with Gasteiger partial charge in [-0.2, -0.15) is 0 Å². The largest absolute Gasteiger partial charge is 0.462 e. The second-order valence-electron chi connectivity index (χ2n) is 17.0. The van der Waals surface area contributed by atoms with E-state index in [-0.39, 0.29) is 31.1 Å². The van der Waals surface area contributed by atoms with Crippen molar-refractivity contribution < 1.29 is 28.6 Å². The summed E-state index contributed by atoms with van der Waals surface area (Å²) in [5, 5.41) is 0. The molecule has 0 N–H and O–H groups in total. The molecule has 0 fully saturated rings. The molecule has 0 aliphatic carbocycles. The molecule has 0 heterocycles. The van der Waals surface area contributed by atoms with Gasteiger partial charge in [-0.05, 0) is 25.2 Å². The van der Waals surface area contributed by atoms with Gasteiger partial charge in [0, 0.05) is 19.3 Å². The Balaban J connectivity index is 4.29. The molecule has 0 spiro atoms. The van der Waals surface area contributed by atoms with Crippen LogP contribution in [0.25, 0.3) is 0 Å². The van der Waals surface area contributed by atoms with Gasteiger partial charge in [-0.1, -0.05) is 233 Å². The van der Waals surface area contributed by atoms with Crippen molar-refractivity contribution in [1.29, 1.82) is 0 Å². The van der Waals surface area contributed by atoms with Crippen LogP contribution in [-0.4, -0.2) is 37.2 Å². The van der Waals surface area contributed by atoms with Crippen molar-refractivity contribution in [2.45, 2.75) is 278 Å². The summed E-state index contributed by atoms with van der Waals surface area (Å²) in [5.41, 5.74) is 0. The predicted molar refractivity (Wildman–Crippen MR) is 233 cm³/mol. The number of carbonyl (C=O) groups is 3. The summed E-state index contributed by atoms with van der Waals surface area (Å²) >= 11 is 0. The lowest BCUT2D eigenvalue weighted by molar-refractivity contribution is -0.167. The summed E-state index contributed by atoms with van der Waals surface area (Å²) in [5.74, 6) is -0.00355. The first kappa shape index (κ1) is 53.4. The van der Waals surface area contributed by atoms with Crippen LogP contribution in [0.4, 0.5) is 0 Å². The molecule has 0 aliphatic heterocycles. The zero-order chi connectivity index (χ0) is 40.3. The normalized spacial score (nSPS) is 12.4. The fourth-order valence-corrected chi connectivity index (χ4v) is 7.30. The van der Waals surface area contributed by atoms with E-state index >= 15 is 0 Å². The topological polar surface area (TPSA) is 78.9 Å². The average molecular weight is 779 g/mol. The van der Waals surface area contributed by atoms with Crippen LogP contribution in [0.3, 0.4) is 0 Å². The monoisotopic (exact) mass is 779 g/mol. The molecule has 6 heteroatoms. The van der Waals surface area contributed by atoms with Crippen LogP contribution in [-0.2, 0) is 28.6 Å². The molecule has 0 aromatic carbocycles. The first-order valence-electron chi connectivity index (χ1n) is 24.4. The second kappa shape index (κ2) is 43.5. The van der Waals surface area contributed by atoms with Crippen LogP contribution in [0.15, 0.2) is 0 Å². The molecule has 1 unspecified atom stereocenters.